The molecule has 2 heterocycles. The summed E-state index contributed by atoms with van der Waals surface area (Å²) in [4.78, 5) is 11.3. The second-order valence-electron chi connectivity index (χ2n) is 6.44. The second kappa shape index (κ2) is 8.93. The zero-order valence-corrected chi connectivity index (χ0v) is 18.0. The second-order valence-corrected chi connectivity index (χ2v) is 8.24. The fourth-order valence-electron chi connectivity index (χ4n) is 2.80. The zero-order valence-electron chi connectivity index (χ0n) is 14.9. The van der Waals surface area contributed by atoms with Crippen LogP contribution in [0.5, 0.6) is 0 Å². The van der Waals surface area contributed by atoms with Gasteiger partial charge in [-0.15, -0.1) is 24.0 Å². The van der Waals surface area contributed by atoms with E-state index in [1.54, 1.807) is 6.26 Å². The molecule has 0 spiro atoms. The summed E-state index contributed by atoms with van der Waals surface area (Å²) in [7, 11) is 1.83. The normalized spacial score (nSPS) is 17.1. The average molecular weight is 472 g/mol. The lowest BCUT2D eigenvalue weighted by atomic mass is 10.2. The molecule has 3 rings (SSSR count). The van der Waals surface area contributed by atoms with Crippen molar-refractivity contribution in [1.29, 1.82) is 0 Å². The van der Waals surface area contributed by atoms with Gasteiger partial charge in [-0.2, -0.15) is 11.8 Å². The third-order valence-electron chi connectivity index (χ3n) is 3.94. The van der Waals surface area contributed by atoms with Gasteiger partial charge in [0.2, 0.25) is 5.89 Å². The zero-order chi connectivity index (χ0) is 17.0. The largest absolute Gasteiger partial charge is 0.444 e. The molecule has 1 N–H and O–H groups in total. The number of aliphatic imine (C=N–C) groups is 1. The van der Waals surface area contributed by atoms with E-state index in [9.17, 15) is 0 Å². The number of rotatable bonds is 3. The number of nitrogens with zero attached hydrogens (tertiary/aromatic N) is 3. The first kappa shape index (κ1) is 20.1. The summed E-state index contributed by atoms with van der Waals surface area (Å²) in [6, 6.07) is 9.94. The molecule has 25 heavy (non-hydrogen) atoms. The molecule has 2 aromatic rings. The van der Waals surface area contributed by atoms with Crippen molar-refractivity contribution in [3.8, 4) is 11.5 Å². The van der Waals surface area contributed by atoms with E-state index >= 15 is 0 Å². The third-order valence-corrected chi connectivity index (χ3v) is 5.23. The van der Waals surface area contributed by atoms with Crippen LogP contribution in [0.3, 0.4) is 0 Å². The van der Waals surface area contributed by atoms with Gasteiger partial charge >= 0.3 is 0 Å². The van der Waals surface area contributed by atoms with E-state index in [0.717, 1.165) is 36.1 Å². The Morgan fingerprint density at radius 3 is 2.80 bits per heavy atom. The van der Waals surface area contributed by atoms with Crippen LogP contribution in [0.4, 0.5) is 0 Å². The predicted molar refractivity (Wildman–Crippen MR) is 116 cm³/mol. The van der Waals surface area contributed by atoms with E-state index in [-0.39, 0.29) is 28.7 Å². The molecule has 1 saturated heterocycles. The first-order chi connectivity index (χ1) is 11.6. The van der Waals surface area contributed by atoms with Crippen LogP contribution in [0.2, 0.25) is 0 Å². The maximum atomic E-state index is 5.59. The van der Waals surface area contributed by atoms with Crippen LogP contribution in [0.25, 0.3) is 11.5 Å². The van der Waals surface area contributed by atoms with Crippen molar-refractivity contribution in [3.05, 3.63) is 42.3 Å². The van der Waals surface area contributed by atoms with Crippen LogP contribution in [0.15, 0.2) is 46.0 Å². The first-order valence-corrected chi connectivity index (χ1v) is 9.15. The van der Waals surface area contributed by atoms with Gasteiger partial charge in [0.15, 0.2) is 5.96 Å². The van der Waals surface area contributed by atoms with E-state index < -0.39 is 0 Å². The number of guanidine groups is 1. The molecule has 1 fully saturated rings. The highest BCUT2D eigenvalue weighted by molar-refractivity contribution is 14.0. The topological polar surface area (TPSA) is 53.7 Å². The third kappa shape index (κ3) is 5.37. The molecule has 0 bridgehead atoms. The number of halogens is 1. The lowest BCUT2D eigenvalue weighted by Gasteiger charge is -2.39. The van der Waals surface area contributed by atoms with Gasteiger partial charge in [0.05, 0.1) is 12.2 Å². The number of nitrogens with one attached hydrogen (secondary N) is 1. The van der Waals surface area contributed by atoms with E-state index in [2.05, 4.69) is 34.0 Å². The molecule has 0 radical (unpaired) electrons. The molecule has 1 aliphatic rings. The maximum absolute atomic E-state index is 5.59. The average Bonchev–Trinajstić information content (AvgIpc) is 3.04. The minimum absolute atomic E-state index is 0. The molecule has 136 valence electrons. The molecule has 0 amide bonds. The summed E-state index contributed by atoms with van der Waals surface area (Å²) >= 11 is 2.02. The summed E-state index contributed by atoms with van der Waals surface area (Å²) < 4.78 is 5.84. The summed E-state index contributed by atoms with van der Waals surface area (Å²) in [5.41, 5.74) is 1.86. The van der Waals surface area contributed by atoms with Gasteiger partial charge in [-0.3, -0.25) is 4.99 Å². The van der Waals surface area contributed by atoms with Crippen LogP contribution in [-0.4, -0.2) is 46.5 Å². The van der Waals surface area contributed by atoms with E-state index in [1.807, 2.05) is 49.1 Å². The predicted octanol–water partition coefficient (Wildman–Crippen LogP) is 3.86. The van der Waals surface area contributed by atoms with Gasteiger partial charge in [0, 0.05) is 36.2 Å². The highest BCUT2D eigenvalue weighted by Crippen LogP contribution is 2.29. The van der Waals surface area contributed by atoms with Crippen molar-refractivity contribution in [2.24, 2.45) is 4.99 Å². The molecule has 1 aliphatic heterocycles. The Kier molecular flexibility index (Phi) is 7.18. The smallest absolute Gasteiger partial charge is 0.226 e. The van der Waals surface area contributed by atoms with Crippen molar-refractivity contribution in [3.63, 3.8) is 0 Å². The Bertz CT molecular complexity index is 702. The number of hydrogen-bond acceptors (Lipinski definition) is 4. The highest BCUT2D eigenvalue weighted by Gasteiger charge is 2.28. The molecular weight excluding hydrogens is 447 g/mol. The van der Waals surface area contributed by atoms with Crippen molar-refractivity contribution in [1.82, 2.24) is 15.2 Å². The van der Waals surface area contributed by atoms with Crippen LogP contribution < -0.4 is 5.32 Å². The molecule has 1 aromatic heterocycles. The molecule has 0 unspecified atom stereocenters. The molecule has 0 saturated carbocycles. The van der Waals surface area contributed by atoms with Crippen molar-refractivity contribution >= 4 is 41.7 Å². The molecule has 0 aliphatic carbocycles. The number of oxazole rings is 1. The van der Waals surface area contributed by atoms with Gasteiger partial charge in [0.25, 0.3) is 0 Å². The van der Waals surface area contributed by atoms with Crippen LogP contribution in [-0.2, 0) is 6.54 Å². The quantitative estimate of drug-likeness (QED) is 0.418. The summed E-state index contributed by atoms with van der Waals surface area (Å²) in [5.74, 6) is 2.70. The van der Waals surface area contributed by atoms with Crippen molar-refractivity contribution in [2.75, 3.05) is 25.9 Å². The van der Waals surface area contributed by atoms with Crippen LogP contribution in [0.1, 0.15) is 19.5 Å². The maximum Gasteiger partial charge on any atom is 0.226 e. The SMILES string of the molecule is CN=C(NCc1coc(-c2ccccc2)n1)N1CCSC(C)(C)C1.I. The highest BCUT2D eigenvalue weighted by atomic mass is 127. The van der Waals surface area contributed by atoms with Crippen molar-refractivity contribution < 1.29 is 4.42 Å². The Morgan fingerprint density at radius 1 is 1.36 bits per heavy atom. The lowest BCUT2D eigenvalue weighted by molar-refractivity contribution is 0.375. The van der Waals surface area contributed by atoms with Gasteiger partial charge in [0.1, 0.15) is 6.26 Å². The van der Waals surface area contributed by atoms with Gasteiger partial charge in [-0.05, 0) is 26.0 Å². The number of aromatic nitrogens is 1. The fourth-order valence-corrected chi connectivity index (χ4v) is 3.91. The van der Waals surface area contributed by atoms with Gasteiger partial charge < -0.3 is 14.6 Å². The standard InChI is InChI=1S/C18H24N4OS.HI/c1-18(2)13-22(9-10-24-18)17(19-3)20-11-15-12-23-16(21-15)14-7-5-4-6-8-14;/h4-8,12H,9-11,13H2,1-3H3,(H,19,20);1H. The molecule has 1 aromatic carbocycles. The summed E-state index contributed by atoms with van der Waals surface area (Å²) in [6.45, 7) is 7.17. The molecule has 7 heteroatoms. The van der Waals surface area contributed by atoms with Crippen LogP contribution >= 0.6 is 35.7 Å². The monoisotopic (exact) mass is 472 g/mol. The Balaban J connectivity index is 0.00000225. The minimum Gasteiger partial charge on any atom is -0.444 e. The van der Waals surface area contributed by atoms with Crippen molar-refractivity contribution in [2.45, 2.75) is 25.1 Å². The Hall–Kier alpha value is -1.22. The first-order valence-electron chi connectivity index (χ1n) is 8.17. The molecule has 0 atom stereocenters. The lowest BCUT2D eigenvalue weighted by Crippen LogP contribution is -2.50. The van der Waals surface area contributed by atoms with E-state index in [1.165, 1.54) is 0 Å². The van der Waals surface area contributed by atoms with Crippen LogP contribution in [0, 0.1) is 0 Å². The Labute approximate surface area is 170 Å². The summed E-state index contributed by atoms with van der Waals surface area (Å²) in [5, 5.41) is 3.40. The molecular formula is C18H25IN4OS. The van der Waals surface area contributed by atoms with E-state index in [0.29, 0.717) is 12.4 Å². The Morgan fingerprint density at radius 2 is 2.12 bits per heavy atom. The van der Waals surface area contributed by atoms with Gasteiger partial charge in [-0.1, -0.05) is 18.2 Å². The minimum atomic E-state index is 0. The number of thioether (sulfide) groups is 1. The number of benzene rings is 1. The molecule has 5 nitrogen and oxygen atoms in total. The van der Waals surface area contributed by atoms with E-state index in [4.69, 9.17) is 4.42 Å². The number of hydrogen-bond donors (Lipinski definition) is 1. The van der Waals surface area contributed by atoms with Gasteiger partial charge in [-0.25, -0.2) is 4.98 Å². The summed E-state index contributed by atoms with van der Waals surface area (Å²) in [6.07, 6.45) is 1.71. The fraction of sp³-hybridized carbons (Fsp3) is 0.444.